The van der Waals surface area contributed by atoms with Gasteiger partial charge in [0, 0.05) is 5.56 Å². The van der Waals surface area contributed by atoms with Crippen LogP contribution in [-0.2, 0) is 5.41 Å². The van der Waals surface area contributed by atoms with Crippen LogP contribution in [0.15, 0.2) is 48.5 Å². The van der Waals surface area contributed by atoms with Crippen LogP contribution < -0.4 is 4.74 Å². The van der Waals surface area contributed by atoms with Gasteiger partial charge in [0.15, 0.2) is 5.78 Å². The van der Waals surface area contributed by atoms with Gasteiger partial charge >= 0.3 is 0 Å². The summed E-state index contributed by atoms with van der Waals surface area (Å²) in [6, 6.07) is 15.3. The molecule has 0 aliphatic carbocycles. The van der Waals surface area contributed by atoms with E-state index in [1.807, 2.05) is 30.3 Å². The highest BCUT2D eigenvalue weighted by molar-refractivity contribution is 5.94. The van der Waals surface area contributed by atoms with E-state index in [1.54, 1.807) is 19.1 Å². The van der Waals surface area contributed by atoms with Gasteiger partial charge in [0.05, 0.1) is 0 Å². The van der Waals surface area contributed by atoms with Gasteiger partial charge < -0.3 is 4.74 Å². The first-order chi connectivity index (χ1) is 9.36. The first kappa shape index (κ1) is 14.3. The molecule has 0 radical (unpaired) electrons. The molecule has 0 saturated heterocycles. The Kier molecular flexibility index (Phi) is 3.93. The summed E-state index contributed by atoms with van der Waals surface area (Å²) in [6.45, 7) is 8.06. The zero-order valence-electron chi connectivity index (χ0n) is 12.4. The number of ether oxygens (including phenoxy) is 1. The molecule has 0 aliphatic heterocycles. The maximum Gasteiger partial charge on any atom is 0.159 e. The zero-order valence-corrected chi connectivity index (χ0v) is 12.4. The monoisotopic (exact) mass is 268 g/mol. The molecule has 0 fully saturated rings. The fourth-order valence-electron chi connectivity index (χ4n) is 1.94. The zero-order chi connectivity index (χ0) is 14.8. The van der Waals surface area contributed by atoms with Crippen LogP contribution in [0.25, 0.3) is 0 Å². The SMILES string of the molecule is CC(=O)c1cccc(Oc2cccc(C(C)(C)C)c2)c1. The topological polar surface area (TPSA) is 26.3 Å². The number of rotatable bonds is 3. The minimum atomic E-state index is 0.0406. The highest BCUT2D eigenvalue weighted by atomic mass is 16.5. The third-order valence-corrected chi connectivity index (χ3v) is 3.18. The van der Waals surface area contributed by atoms with Gasteiger partial charge in [-0.3, -0.25) is 4.79 Å². The molecule has 2 aromatic carbocycles. The maximum atomic E-state index is 11.4. The predicted molar refractivity (Wildman–Crippen MR) is 81.7 cm³/mol. The van der Waals surface area contributed by atoms with Crippen LogP contribution in [0.4, 0.5) is 0 Å². The van der Waals surface area contributed by atoms with E-state index in [4.69, 9.17) is 4.74 Å². The number of hydrogen-bond acceptors (Lipinski definition) is 2. The molecule has 0 spiro atoms. The Hall–Kier alpha value is -2.09. The first-order valence-corrected chi connectivity index (χ1v) is 6.76. The molecule has 0 saturated carbocycles. The van der Waals surface area contributed by atoms with Crippen LogP contribution in [0.3, 0.4) is 0 Å². The van der Waals surface area contributed by atoms with Crippen molar-refractivity contribution in [3.8, 4) is 11.5 Å². The van der Waals surface area contributed by atoms with Crippen LogP contribution >= 0.6 is 0 Å². The van der Waals surface area contributed by atoms with Crippen molar-refractivity contribution in [2.45, 2.75) is 33.1 Å². The van der Waals surface area contributed by atoms with Gasteiger partial charge in [-0.15, -0.1) is 0 Å². The third kappa shape index (κ3) is 3.47. The number of Topliss-reactive ketones (excluding diaryl/α,β-unsaturated/α-hetero) is 1. The summed E-state index contributed by atoms with van der Waals surface area (Å²) in [6.07, 6.45) is 0. The number of carbonyl (C=O) groups excluding carboxylic acids is 1. The van der Waals surface area contributed by atoms with E-state index in [1.165, 1.54) is 5.56 Å². The van der Waals surface area contributed by atoms with Gasteiger partial charge in [-0.1, -0.05) is 45.0 Å². The Morgan fingerprint density at radius 1 is 0.950 bits per heavy atom. The van der Waals surface area contributed by atoms with Crippen molar-refractivity contribution in [1.82, 2.24) is 0 Å². The van der Waals surface area contributed by atoms with Gasteiger partial charge in [-0.25, -0.2) is 0 Å². The molecule has 0 aromatic heterocycles. The maximum absolute atomic E-state index is 11.4. The quantitative estimate of drug-likeness (QED) is 0.734. The van der Waals surface area contributed by atoms with Crippen molar-refractivity contribution in [2.24, 2.45) is 0 Å². The predicted octanol–water partition coefficient (Wildman–Crippen LogP) is 4.98. The smallest absolute Gasteiger partial charge is 0.159 e. The number of hydrogen-bond donors (Lipinski definition) is 0. The molecule has 0 bridgehead atoms. The van der Waals surface area contributed by atoms with E-state index in [0.29, 0.717) is 11.3 Å². The summed E-state index contributed by atoms with van der Waals surface area (Å²) in [7, 11) is 0. The summed E-state index contributed by atoms with van der Waals surface area (Å²) in [5.41, 5.74) is 1.97. The molecular weight excluding hydrogens is 248 g/mol. The average Bonchev–Trinajstić information content (AvgIpc) is 2.38. The Morgan fingerprint density at radius 3 is 2.15 bits per heavy atom. The Morgan fingerprint density at radius 2 is 1.55 bits per heavy atom. The van der Waals surface area contributed by atoms with Gasteiger partial charge in [0.25, 0.3) is 0 Å². The van der Waals surface area contributed by atoms with E-state index in [9.17, 15) is 4.79 Å². The van der Waals surface area contributed by atoms with Crippen LogP contribution in [0.2, 0.25) is 0 Å². The Bertz CT molecular complexity index is 621. The normalized spacial score (nSPS) is 11.2. The number of carbonyl (C=O) groups is 1. The molecule has 2 rings (SSSR count). The van der Waals surface area contributed by atoms with E-state index in [0.717, 1.165) is 5.75 Å². The fraction of sp³-hybridized carbons (Fsp3) is 0.278. The molecule has 2 nitrogen and oxygen atoms in total. The minimum Gasteiger partial charge on any atom is -0.457 e. The van der Waals surface area contributed by atoms with Crippen molar-refractivity contribution in [3.05, 3.63) is 59.7 Å². The fourth-order valence-corrected chi connectivity index (χ4v) is 1.94. The highest BCUT2D eigenvalue weighted by Gasteiger charge is 2.14. The molecule has 104 valence electrons. The summed E-state index contributed by atoms with van der Waals surface area (Å²) < 4.78 is 5.85. The second-order valence-electron chi connectivity index (χ2n) is 5.96. The largest absolute Gasteiger partial charge is 0.457 e. The van der Waals surface area contributed by atoms with Gasteiger partial charge in [0.1, 0.15) is 11.5 Å². The Balaban J connectivity index is 2.26. The molecule has 0 N–H and O–H groups in total. The van der Waals surface area contributed by atoms with Crippen molar-refractivity contribution in [1.29, 1.82) is 0 Å². The second kappa shape index (κ2) is 5.49. The second-order valence-corrected chi connectivity index (χ2v) is 5.96. The lowest BCUT2D eigenvalue weighted by atomic mass is 9.87. The van der Waals surface area contributed by atoms with Crippen LogP contribution in [0.1, 0.15) is 43.6 Å². The summed E-state index contributed by atoms with van der Waals surface area (Å²) in [4.78, 5) is 11.4. The molecule has 0 atom stereocenters. The molecule has 0 amide bonds. The van der Waals surface area contributed by atoms with Gasteiger partial charge in [0.2, 0.25) is 0 Å². The van der Waals surface area contributed by atoms with Crippen LogP contribution in [-0.4, -0.2) is 5.78 Å². The van der Waals surface area contributed by atoms with E-state index in [-0.39, 0.29) is 11.2 Å². The number of ketones is 1. The molecule has 0 unspecified atom stereocenters. The van der Waals surface area contributed by atoms with Crippen molar-refractivity contribution >= 4 is 5.78 Å². The van der Waals surface area contributed by atoms with Crippen LogP contribution in [0, 0.1) is 0 Å². The van der Waals surface area contributed by atoms with Crippen molar-refractivity contribution < 1.29 is 9.53 Å². The lowest BCUT2D eigenvalue weighted by molar-refractivity contribution is 0.101. The van der Waals surface area contributed by atoms with Crippen LogP contribution in [0.5, 0.6) is 11.5 Å². The van der Waals surface area contributed by atoms with Gasteiger partial charge in [-0.05, 0) is 42.2 Å². The highest BCUT2D eigenvalue weighted by Crippen LogP contribution is 2.28. The number of benzene rings is 2. The van der Waals surface area contributed by atoms with Gasteiger partial charge in [-0.2, -0.15) is 0 Å². The van der Waals surface area contributed by atoms with E-state index in [2.05, 4.69) is 26.8 Å². The lowest BCUT2D eigenvalue weighted by Gasteiger charge is -2.19. The molecular formula is C18H20O2. The molecule has 20 heavy (non-hydrogen) atoms. The van der Waals surface area contributed by atoms with Crippen molar-refractivity contribution in [2.75, 3.05) is 0 Å². The molecule has 0 heterocycles. The summed E-state index contributed by atoms with van der Waals surface area (Å²) >= 11 is 0. The molecule has 0 aliphatic rings. The standard InChI is InChI=1S/C18H20O2/c1-13(19)14-7-5-9-16(11-14)20-17-10-6-8-15(12-17)18(2,3)4/h5-12H,1-4H3. The minimum absolute atomic E-state index is 0.0406. The lowest BCUT2D eigenvalue weighted by Crippen LogP contribution is -2.10. The first-order valence-electron chi connectivity index (χ1n) is 6.76. The van der Waals surface area contributed by atoms with Crippen molar-refractivity contribution in [3.63, 3.8) is 0 Å². The molecule has 2 heteroatoms. The summed E-state index contributed by atoms with van der Waals surface area (Å²) in [5.74, 6) is 1.51. The third-order valence-electron chi connectivity index (χ3n) is 3.18. The average molecular weight is 268 g/mol. The Labute approximate surface area is 120 Å². The van der Waals surface area contributed by atoms with E-state index < -0.39 is 0 Å². The summed E-state index contributed by atoms with van der Waals surface area (Å²) in [5, 5.41) is 0. The van der Waals surface area contributed by atoms with E-state index >= 15 is 0 Å². The molecule has 2 aromatic rings.